The van der Waals surface area contributed by atoms with E-state index in [0.29, 0.717) is 5.69 Å². The van der Waals surface area contributed by atoms with Crippen molar-refractivity contribution in [3.8, 4) is 0 Å². The second-order valence-electron chi connectivity index (χ2n) is 4.57. The largest absolute Gasteiger partial charge is 0.383 e. The molecular formula is C14H17N3O. The first-order valence-electron chi connectivity index (χ1n) is 5.84. The number of imidazole rings is 1. The van der Waals surface area contributed by atoms with E-state index in [9.17, 15) is 4.79 Å². The van der Waals surface area contributed by atoms with Gasteiger partial charge in [-0.15, -0.1) is 0 Å². The molecule has 2 heterocycles. The number of allylic oxidation sites excluding steroid dienone is 1. The molecule has 2 aromatic heterocycles. The van der Waals surface area contributed by atoms with Crippen molar-refractivity contribution in [1.29, 1.82) is 0 Å². The minimum atomic E-state index is -0.0284. The third-order valence-corrected chi connectivity index (χ3v) is 2.78. The minimum Gasteiger partial charge on any atom is -0.383 e. The lowest BCUT2D eigenvalue weighted by Crippen LogP contribution is -2.06. The molecule has 4 nitrogen and oxygen atoms in total. The Balaban J connectivity index is 2.54. The summed E-state index contributed by atoms with van der Waals surface area (Å²) in [5, 5.41) is 0. The molecule has 0 fully saturated rings. The maximum Gasteiger partial charge on any atom is 0.205 e. The first kappa shape index (κ1) is 12.4. The standard InChI is InChI=1S/C14H17N3O/c1-10-6-5-8-17-13(11(2)15-14(10)17)12(18)7-9-16(3)4/h5-9H,1-4H3/b9-7+. The normalized spacial score (nSPS) is 11.3. The summed E-state index contributed by atoms with van der Waals surface area (Å²) in [7, 11) is 3.77. The maximum absolute atomic E-state index is 12.2. The van der Waals surface area contributed by atoms with Crippen molar-refractivity contribution < 1.29 is 4.79 Å². The molecule has 0 aromatic carbocycles. The van der Waals surface area contributed by atoms with Crippen LogP contribution in [0.25, 0.3) is 5.65 Å². The smallest absolute Gasteiger partial charge is 0.205 e. The summed E-state index contributed by atoms with van der Waals surface area (Å²) in [6.45, 7) is 3.86. The number of carbonyl (C=O) groups excluding carboxylic acids is 1. The number of hydrogen-bond acceptors (Lipinski definition) is 3. The SMILES string of the molecule is Cc1nc2c(C)cccn2c1C(=O)/C=C/N(C)C. The molecule has 0 saturated heterocycles. The summed E-state index contributed by atoms with van der Waals surface area (Å²) in [5.41, 5.74) is 3.30. The van der Waals surface area contributed by atoms with Gasteiger partial charge in [0.25, 0.3) is 0 Å². The molecule has 0 aliphatic rings. The fourth-order valence-electron chi connectivity index (χ4n) is 1.91. The van der Waals surface area contributed by atoms with Crippen LogP contribution in [0.4, 0.5) is 0 Å². The summed E-state index contributed by atoms with van der Waals surface area (Å²) in [5.74, 6) is -0.0284. The molecule has 0 radical (unpaired) electrons. The van der Waals surface area contributed by atoms with Crippen molar-refractivity contribution in [1.82, 2.24) is 14.3 Å². The first-order chi connectivity index (χ1) is 8.50. The average Bonchev–Trinajstić information content (AvgIpc) is 2.64. The Hall–Kier alpha value is -2.10. The van der Waals surface area contributed by atoms with E-state index in [0.717, 1.165) is 16.9 Å². The highest BCUT2D eigenvalue weighted by molar-refractivity contribution is 6.04. The van der Waals surface area contributed by atoms with Crippen LogP contribution in [0.5, 0.6) is 0 Å². The second kappa shape index (κ2) is 4.64. The predicted octanol–water partition coefficient (Wildman–Crippen LogP) is 2.21. The van der Waals surface area contributed by atoms with Gasteiger partial charge < -0.3 is 4.90 Å². The predicted molar refractivity (Wildman–Crippen MR) is 71.8 cm³/mol. The molecule has 0 saturated carbocycles. The van der Waals surface area contributed by atoms with Crippen molar-refractivity contribution in [2.24, 2.45) is 0 Å². The topological polar surface area (TPSA) is 37.6 Å². The van der Waals surface area contributed by atoms with E-state index in [1.54, 1.807) is 12.3 Å². The quantitative estimate of drug-likeness (QED) is 0.612. The van der Waals surface area contributed by atoms with Crippen LogP contribution < -0.4 is 0 Å². The van der Waals surface area contributed by atoms with Gasteiger partial charge in [0.1, 0.15) is 11.3 Å². The zero-order valence-electron chi connectivity index (χ0n) is 11.1. The van der Waals surface area contributed by atoms with E-state index >= 15 is 0 Å². The van der Waals surface area contributed by atoms with Gasteiger partial charge >= 0.3 is 0 Å². The summed E-state index contributed by atoms with van der Waals surface area (Å²) in [4.78, 5) is 18.5. The molecule has 94 valence electrons. The molecule has 0 bridgehead atoms. The van der Waals surface area contributed by atoms with Crippen LogP contribution in [-0.4, -0.2) is 34.2 Å². The van der Waals surface area contributed by atoms with Gasteiger partial charge in [-0.3, -0.25) is 9.20 Å². The van der Waals surface area contributed by atoms with Crippen LogP contribution in [-0.2, 0) is 0 Å². The number of rotatable bonds is 3. The lowest BCUT2D eigenvalue weighted by molar-refractivity contribution is 0.104. The zero-order valence-corrected chi connectivity index (χ0v) is 11.1. The summed E-state index contributed by atoms with van der Waals surface area (Å²) in [6, 6.07) is 3.92. The lowest BCUT2D eigenvalue weighted by Gasteiger charge is -2.03. The Morgan fingerprint density at radius 1 is 1.39 bits per heavy atom. The van der Waals surface area contributed by atoms with Crippen molar-refractivity contribution in [3.63, 3.8) is 0 Å². The Bertz CT molecular complexity index is 623. The van der Waals surface area contributed by atoms with E-state index < -0.39 is 0 Å². The lowest BCUT2D eigenvalue weighted by atomic mass is 10.2. The number of carbonyl (C=O) groups is 1. The van der Waals surface area contributed by atoms with Gasteiger partial charge in [0, 0.05) is 32.6 Å². The summed E-state index contributed by atoms with van der Waals surface area (Å²) < 4.78 is 1.85. The van der Waals surface area contributed by atoms with Gasteiger partial charge in [0.15, 0.2) is 0 Å². The fourth-order valence-corrected chi connectivity index (χ4v) is 1.91. The van der Waals surface area contributed by atoms with E-state index in [2.05, 4.69) is 4.98 Å². The molecule has 0 spiro atoms. The molecule has 2 aromatic rings. The number of aromatic nitrogens is 2. The molecule has 0 N–H and O–H groups in total. The van der Waals surface area contributed by atoms with Gasteiger partial charge in [0.2, 0.25) is 5.78 Å². The van der Waals surface area contributed by atoms with Crippen molar-refractivity contribution in [2.45, 2.75) is 13.8 Å². The van der Waals surface area contributed by atoms with Crippen molar-refractivity contribution in [2.75, 3.05) is 14.1 Å². The summed E-state index contributed by atoms with van der Waals surface area (Å²) >= 11 is 0. The Kier molecular flexibility index (Phi) is 3.19. The van der Waals surface area contributed by atoms with E-state index in [1.807, 2.05) is 55.6 Å². The zero-order chi connectivity index (χ0) is 13.3. The van der Waals surface area contributed by atoms with E-state index in [4.69, 9.17) is 0 Å². The number of hydrogen-bond donors (Lipinski definition) is 0. The van der Waals surface area contributed by atoms with Crippen LogP contribution in [0.2, 0.25) is 0 Å². The van der Waals surface area contributed by atoms with Gasteiger partial charge in [-0.25, -0.2) is 4.98 Å². The maximum atomic E-state index is 12.2. The summed E-state index contributed by atoms with van der Waals surface area (Å²) in [6.07, 6.45) is 5.19. The Morgan fingerprint density at radius 3 is 2.78 bits per heavy atom. The molecule has 2 rings (SSSR count). The Labute approximate surface area is 107 Å². The third-order valence-electron chi connectivity index (χ3n) is 2.78. The van der Waals surface area contributed by atoms with Crippen molar-refractivity contribution in [3.05, 3.63) is 47.6 Å². The highest BCUT2D eigenvalue weighted by atomic mass is 16.1. The van der Waals surface area contributed by atoms with Gasteiger partial charge in [-0.05, 0) is 25.5 Å². The van der Waals surface area contributed by atoms with Crippen molar-refractivity contribution >= 4 is 11.4 Å². The number of nitrogens with zero attached hydrogens (tertiary/aromatic N) is 3. The average molecular weight is 243 g/mol. The second-order valence-corrected chi connectivity index (χ2v) is 4.57. The van der Waals surface area contributed by atoms with Crippen LogP contribution in [0.1, 0.15) is 21.7 Å². The molecular weight excluding hydrogens is 226 g/mol. The number of aryl methyl sites for hydroxylation is 2. The van der Waals surface area contributed by atoms with Crippen LogP contribution >= 0.6 is 0 Å². The third kappa shape index (κ3) is 2.14. The van der Waals surface area contributed by atoms with Gasteiger partial charge in [0.05, 0.1) is 5.69 Å². The van der Waals surface area contributed by atoms with E-state index in [-0.39, 0.29) is 5.78 Å². The highest BCUT2D eigenvalue weighted by Gasteiger charge is 2.14. The van der Waals surface area contributed by atoms with Gasteiger partial charge in [-0.1, -0.05) is 6.07 Å². The Morgan fingerprint density at radius 2 is 2.11 bits per heavy atom. The molecule has 0 aliphatic heterocycles. The molecule has 0 unspecified atom stereocenters. The molecule has 0 amide bonds. The minimum absolute atomic E-state index is 0.0284. The number of ketones is 1. The molecule has 0 atom stereocenters. The number of pyridine rings is 1. The first-order valence-corrected chi connectivity index (χ1v) is 5.84. The van der Waals surface area contributed by atoms with Crippen LogP contribution in [0.15, 0.2) is 30.6 Å². The molecule has 0 aliphatic carbocycles. The van der Waals surface area contributed by atoms with Crippen LogP contribution in [0.3, 0.4) is 0 Å². The molecule has 4 heteroatoms. The molecule has 18 heavy (non-hydrogen) atoms. The monoisotopic (exact) mass is 243 g/mol. The fraction of sp³-hybridized carbons (Fsp3) is 0.286. The highest BCUT2D eigenvalue weighted by Crippen LogP contribution is 2.16. The van der Waals surface area contributed by atoms with Gasteiger partial charge in [-0.2, -0.15) is 0 Å². The van der Waals surface area contributed by atoms with Crippen LogP contribution in [0, 0.1) is 13.8 Å². The van der Waals surface area contributed by atoms with E-state index in [1.165, 1.54) is 0 Å². The number of fused-ring (bicyclic) bond motifs is 1.